The molecule has 0 aliphatic rings. The molecule has 3 aromatic rings. The lowest BCUT2D eigenvalue weighted by molar-refractivity contribution is 0.829. The minimum atomic E-state index is 0.501. The summed E-state index contributed by atoms with van der Waals surface area (Å²) in [5.74, 6) is 1.30. The number of benzene rings is 1. The van der Waals surface area contributed by atoms with Gasteiger partial charge in [0.25, 0.3) is 0 Å². The summed E-state index contributed by atoms with van der Waals surface area (Å²) < 4.78 is 2.81. The summed E-state index contributed by atoms with van der Waals surface area (Å²) in [6, 6.07) is 9.83. The van der Waals surface area contributed by atoms with Crippen LogP contribution in [0.25, 0.3) is 16.6 Å². The van der Waals surface area contributed by atoms with Gasteiger partial charge in [0.15, 0.2) is 5.82 Å². The Hall–Kier alpha value is -1.88. The average molecular weight is 303 g/mol. The predicted molar refractivity (Wildman–Crippen MR) is 75.7 cm³/mol. The highest BCUT2D eigenvalue weighted by Crippen LogP contribution is 2.27. The SMILES string of the molecule is Cc1cc(N)nn1-c1nccc2c(Br)cccc12. The van der Waals surface area contributed by atoms with Crippen molar-refractivity contribution in [3.63, 3.8) is 0 Å². The molecule has 18 heavy (non-hydrogen) atoms. The summed E-state index contributed by atoms with van der Waals surface area (Å²) in [5.41, 5.74) is 6.69. The molecule has 90 valence electrons. The number of pyridine rings is 1. The normalized spacial score (nSPS) is 11.0. The Kier molecular flexibility index (Phi) is 2.56. The molecule has 2 aromatic heterocycles. The van der Waals surface area contributed by atoms with Gasteiger partial charge in [0.05, 0.1) is 0 Å². The number of nitrogens with two attached hydrogens (primary N) is 1. The van der Waals surface area contributed by atoms with Gasteiger partial charge in [-0.3, -0.25) is 0 Å². The zero-order valence-electron chi connectivity index (χ0n) is 9.76. The summed E-state index contributed by atoms with van der Waals surface area (Å²) in [7, 11) is 0. The molecule has 0 aliphatic carbocycles. The van der Waals surface area contributed by atoms with Gasteiger partial charge >= 0.3 is 0 Å². The molecule has 1 aromatic carbocycles. The third kappa shape index (κ3) is 1.67. The fourth-order valence-corrected chi connectivity index (χ4v) is 2.53. The van der Waals surface area contributed by atoms with E-state index in [0.29, 0.717) is 5.82 Å². The van der Waals surface area contributed by atoms with E-state index in [1.54, 1.807) is 10.9 Å². The fraction of sp³-hybridized carbons (Fsp3) is 0.0769. The topological polar surface area (TPSA) is 56.7 Å². The van der Waals surface area contributed by atoms with Crippen LogP contribution in [0.1, 0.15) is 5.69 Å². The van der Waals surface area contributed by atoms with E-state index < -0.39 is 0 Å². The molecule has 0 fully saturated rings. The number of anilines is 1. The number of hydrogen-bond acceptors (Lipinski definition) is 3. The number of halogens is 1. The Morgan fingerprint density at radius 1 is 1.22 bits per heavy atom. The van der Waals surface area contributed by atoms with Gasteiger partial charge in [-0.05, 0) is 19.1 Å². The number of nitrogens with zero attached hydrogens (tertiary/aromatic N) is 3. The van der Waals surface area contributed by atoms with Gasteiger partial charge in [-0.1, -0.05) is 28.1 Å². The van der Waals surface area contributed by atoms with Crippen molar-refractivity contribution in [2.75, 3.05) is 5.73 Å². The number of nitrogen functional groups attached to an aromatic ring is 1. The van der Waals surface area contributed by atoms with Crippen molar-refractivity contribution in [1.29, 1.82) is 0 Å². The standard InChI is InChI=1S/C13H11BrN4/c1-8-7-12(15)17-18(8)13-10-3-2-4-11(14)9(10)5-6-16-13/h2-7H,1H3,(H2,15,17). The van der Waals surface area contributed by atoms with E-state index in [-0.39, 0.29) is 0 Å². The second-order valence-corrected chi connectivity index (χ2v) is 4.95. The lowest BCUT2D eigenvalue weighted by atomic mass is 10.1. The van der Waals surface area contributed by atoms with E-state index in [4.69, 9.17) is 5.73 Å². The third-order valence-corrected chi connectivity index (χ3v) is 3.53. The summed E-state index contributed by atoms with van der Waals surface area (Å²) in [4.78, 5) is 4.42. The molecule has 0 saturated carbocycles. The van der Waals surface area contributed by atoms with E-state index in [0.717, 1.165) is 26.8 Å². The van der Waals surface area contributed by atoms with Crippen molar-refractivity contribution in [3.8, 4) is 5.82 Å². The van der Waals surface area contributed by atoms with Crippen LogP contribution in [0.2, 0.25) is 0 Å². The maximum Gasteiger partial charge on any atom is 0.161 e. The van der Waals surface area contributed by atoms with Crippen molar-refractivity contribution >= 4 is 32.5 Å². The van der Waals surface area contributed by atoms with Crippen LogP contribution >= 0.6 is 15.9 Å². The molecule has 0 radical (unpaired) electrons. The fourth-order valence-electron chi connectivity index (χ4n) is 2.03. The van der Waals surface area contributed by atoms with E-state index >= 15 is 0 Å². The second-order valence-electron chi connectivity index (χ2n) is 4.09. The highest BCUT2D eigenvalue weighted by molar-refractivity contribution is 9.10. The van der Waals surface area contributed by atoms with E-state index in [9.17, 15) is 0 Å². The predicted octanol–water partition coefficient (Wildman–Crippen LogP) is 3.07. The van der Waals surface area contributed by atoms with Gasteiger partial charge in [0, 0.05) is 33.2 Å². The van der Waals surface area contributed by atoms with Crippen LogP contribution in [0.5, 0.6) is 0 Å². The van der Waals surface area contributed by atoms with Gasteiger partial charge < -0.3 is 5.73 Å². The molecule has 0 saturated heterocycles. The minimum absolute atomic E-state index is 0.501. The van der Waals surface area contributed by atoms with Crippen LogP contribution in [-0.4, -0.2) is 14.8 Å². The number of aromatic nitrogens is 3. The Bertz CT molecular complexity index is 733. The summed E-state index contributed by atoms with van der Waals surface area (Å²) in [6.07, 6.45) is 1.78. The molecule has 0 aliphatic heterocycles. The monoisotopic (exact) mass is 302 g/mol. The lowest BCUT2D eigenvalue weighted by Gasteiger charge is -2.08. The molecule has 4 nitrogen and oxygen atoms in total. The van der Waals surface area contributed by atoms with Gasteiger partial charge in [0.1, 0.15) is 5.82 Å². The van der Waals surface area contributed by atoms with Crippen LogP contribution in [0.4, 0.5) is 5.82 Å². The Balaban J connectivity index is 2.36. The molecule has 0 amide bonds. The molecule has 5 heteroatoms. The van der Waals surface area contributed by atoms with E-state index in [2.05, 4.69) is 26.0 Å². The van der Waals surface area contributed by atoms with Crippen LogP contribution in [0.15, 0.2) is 41.0 Å². The molecule has 2 N–H and O–H groups in total. The van der Waals surface area contributed by atoms with Crippen molar-refractivity contribution in [2.24, 2.45) is 0 Å². The second kappa shape index (κ2) is 4.10. The lowest BCUT2D eigenvalue weighted by Crippen LogP contribution is -2.03. The van der Waals surface area contributed by atoms with Crippen molar-refractivity contribution in [3.05, 3.63) is 46.7 Å². The van der Waals surface area contributed by atoms with Gasteiger partial charge in [0.2, 0.25) is 0 Å². The molecular formula is C13H11BrN4. The first kappa shape index (κ1) is 11.2. The molecule has 0 spiro atoms. The van der Waals surface area contributed by atoms with Crippen LogP contribution in [0.3, 0.4) is 0 Å². The first-order valence-corrected chi connectivity index (χ1v) is 6.32. The maximum absolute atomic E-state index is 5.72. The zero-order valence-corrected chi connectivity index (χ0v) is 11.3. The first-order valence-electron chi connectivity index (χ1n) is 5.52. The van der Waals surface area contributed by atoms with E-state index in [1.807, 2.05) is 37.3 Å². The highest BCUT2D eigenvalue weighted by Gasteiger charge is 2.10. The van der Waals surface area contributed by atoms with Gasteiger partial charge in [-0.25, -0.2) is 9.67 Å². The van der Waals surface area contributed by atoms with Crippen LogP contribution in [0, 0.1) is 6.92 Å². The van der Waals surface area contributed by atoms with Gasteiger partial charge in [-0.2, -0.15) is 0 Å². The Morgan fingerprint density at radius 3 is 2.78 bits per heavy atom. The number of aryl methyl sites for hydroxylation is 1. The average Bonchev–Trinajstić information content (AvgIpc) is 2.68. The van der Waals surface area contributed by atoms with Crippen molar-refractivity contribution in [1.82, 2.24) is 14.8 Å². The first-order chi connectivity index (χ1) is 8.66. The molecule has 3 rings (SSSR count). The highest BCUT2D eigenvalue weighted by atomic mass is 79.9. The molecule has 0 unspecified atom stereocenters. The quantitative estimate of drug-likeness (QED) is 0.751. The van der Waals surface area contributed by atoms with Crippen molar-refractivity contribution < 1.29 is 0 Å². The Labute approximate surface area is 113 Å². The van der Waals surface area contributed by atoms with E-state index in [1.165, 1.54) is 0 Å². The smallest absolute Gasteiger partial charge is 0.161 e. The Morgan fingerprint density at radius 2 is 2.06 bits per heavy atom. The molecular weight excluding hydrogens is 292 g/mol. The summed E-state index contributed by atoms with van der Waals surface area (Å²) >= 11 is 3.55. The van der Waals surface area contributed by atoms with Gasteiger partial charge in [-0.15, -0.1) is 5.10 Å². The number of hydrogen-bond donors (Lipinski definition) is 1. The zero-order chi connectivity index (χ0) is 12.7. The van der Waals surface area contributed by atoms with Crippen LogP contribution in [-0.2, 0) is 0 Å². The summed E-state index contributed by atoms with van der Waals surface area (Å²) in [6.45, 7) is 1.96. The number of rotatable bonds is 1. The van der Waals surface area contributed by atoms with Crippen LogP contribution < -0.4 is 5.73 Å². The third-order valence-electron chi connectivity index (χ3n) is 2.84. The maximum atomic E-state index is 5.72. The molecule has 0 atom stereocenters. The summed E-state index contributed by atoms with van der Waals surface area (Å²) in [5, 5.41) is 6.42. The minimum Gasteiger partial charge on any atom is -0.382 e. The van der Waals surface area contributed by atoms with Crippen molar-refractivity contribution in [2.45, 2.75) is 6.92 Å². The largest absolute Gasteiger partial charge is 0.382 e. The molecule has 2 heterocycles. The molecule has 0 bridgehead atoms. The number of fused-ring (bicyclic) bond motifs is 1.